The van der Waals surface area contributed by atoms with E-state index in [1.54, 1.807) is 31.1 Å². The number of rotatable bonds is 3. The van der Waals surface area contributed by atoms with Crippen LogP contribution in [0.25, 0.3) is 22.4 Å². The molecular weight excluding hydrogens is 308 g/mol. The Hall–Kier alpha value is -2.74. The van der Waals surface area contributed by atoms with E-state index in [2.05, 4.69) is 19.9 Å². The van der Waals surface area contributed by atoms with E-state index in [-0.39, 0.29) is 11.0 Å². The van der Waals surface area contributed by atoms with Crippen molar-refractivity contribution in [3.63, 3.8) is 0 Å². The maximum atomic E-state index is 11.3. The minimum atomic E-state index is -0.425. The summed E-state index contributed by atoms with van der Waals surface area (Å²) in [6.07, 6.45) is 1.47. The number of nitro benzene ring substituents is 1. The lowest BCUT2D eigenvalue weighted by molar-refractivity contribution is -0.384. The fraction of sp³-hybridized carbons (Fsp3) is 0.154. The number of hydrogen-bond acceptors (Lipinski definition) is 6. The van der Waals surface area contributed by atoms with E-state index in [1.807, 2.05) is 0 Å². The highest BCUT2D eigenvalue weighted by atomic mass is 35.5. The van der Waals surface area contributed by atoms with Crippen LogP contribution in [0.1, 0.15) is 0 Å². The summed E-state index contributed by atoms with van der Waals surface area (Å²) in [7, 11) is 3.49. The van der Waals surface area contributed by atoms with Gasteiger partial charge in [0.25, 0.3) is 5.69 Å². The van der Waals surface area contributed by atoms with E-state index < -0.39 is 4.92 Å². The van der Waals surface area contributed by atoms with Gasteiger partial charge in [0, 0.05) is 25.7 Å². The highest BCUT2D eigenvalue weighted by Gasteiger charge is 2.19. The van der Waals surface area contributed by atoms with Crippen molar-refractivity contribution in [1.82, 2.24) is 19.9 Å². The number of halogens is 1. The molecule has 0 unspecified atom stereocenters. The Morgan fingerprint density at radius 1 is 1.32 bits per heavy atom. The molecule has 22 heavy (non-hydrogen) atoms. The van der Waals surface area contributed by atoms with Crippen LogP contribution in [0.2, 0.25) is 5.28 Å². The molecule has 0 bridgehead atoms. The maximum absolute atomic E-state index is 11.3. The van der Waals surface area contributed by atoms with Crippen LogP contribution in [-0.2, 0) is 0 Å². The number of benzene rings is 1. The fourth-order valence-electron chi connectivity index (χ4n) is 2.21. The van der Waals surface area contributed by atoms with E-state index in [0.717, 1.165) is 0 Å². The lowest BCUT2D eigenvalue weighted by atomic mass is 10.1. The number of aromatic nitrogens is 4. The van der Waals surface area contributed by atoms with Crippen molar-refractivity contribution < 1.29 is 4.92 Å². The first-order valence-corrected chi connectivity index (χ1v) is 6.68. The molecule has 0 amide bonds. The third kappa shape index (κ3) is 2.33. The summed E-state index contributed by atoms with van der Waals surface area (Å²) in [6, 6.07) is 4.89. The Labute approximate surface area is 129 Å². The Morgan fingerprint density at radius 3 is 2.77 bits per heavy atom. The summed E-state index contributed by atoms with van der Waals surface area (Å²) >= 11 is 5.90. The summed E-state index contributed by atoms with van der Waals surface area (Å²) < 4.78 is 0. The monoisotopic (exact) mass is 318 g/mol. The first kappa shape index (κ1) is 14.2. The van der Waals surface area contributed by atoms with Gasteiger partial charge in [0.2, 0.25) is 5.28 Å². The average molecular weight is 319 g/mol. The molecule has 0 atom stereocenters. The number of fused-ring (bicyclic) bond motifs is 1. The van der Waals surface area contributed by atoms with Crippen molar-refractivity contribution >= 4 is 34.1 Å². The SMILES string of the molecule is CN(C)c1ccc(-c2nc(Cl)nc3nc[nH]c23)cc1[N+](=O)[O-]. The molecule has 1 N–H and O–H groups in total. The molecule has 112 valence electrons. The smallest absolute Gasteiger partial charge is 0.293 e. The zero-order valence-electron chi connectivity index (χ0n) is 11.7. The molecule has 0 saturated carbocycles. The quantitative estimate of drug-likeness (QED) is 0.452. The molecule has 3 aromatic rings. The van der Waals surface area contributed by atoms with Crippen molar-refractivity contribution in [2.45, 2.75) is 0 Å². The third-order valence-corrected chi connectivity index (χ3v) is 3.35. The van der Waals surface area contributed by atoms with Crippen molar-refractivity contribution in [2.75, 3.05) is 19.0 Å². The number of aromatic amines is 1. The molecule has 0 saturated heterocycles. The third-order valence-electron chi connectivity index (χ3n) is 3.19. The lowest BCUT2D eigenvalue weighted by Crippen LogP contribution is -2.11. The van der Waals surface area contributed by atoms with Gasteiger partial charge in [0.15, 0.2) is 5.65 Å². The lowest BCUT2D eigenvalue weighted by Gasteiger charge is -2.13. The Bertz CT molecular complexity index is 876. The molecule has 3 rings (SSSR count). The van der Waals surface area contributed by atoms with Gasteiger partial charge >= 0.3 is 0 Å². The van der Waals surface area contributed by atoms with Crippen molar-refractivity contribution in [1.29, 1.82) is 0 Å². The van der Waals surface area contributed by atoms with Gasteiger partial charge in [-0.3, -0.25) is 10.1 Å². The molecule has 8 nitrogen and oxygen atoms in total. The summed E-state index contributed by atoms with van der Waals surface area (Å²) in [5, 5.41) is 11.3. The van der Waals surface area contributed by atoms with Gasteiger partial charge in [-0.2, -0.15) is 4.98 Å². The summed E-state index contributed by atoms with van der Waals surface area (Å²) in [6.45, 7) is 0. The Kier molecular flexibility index (Phi) is 3.38. The van der Waals surface area contributed by atoms with Crippen LogP contribution in [0, 0.1) is 10.1 Å². The Morgan fingerprint density at radius 2 is 2.09 bits per heavy atom. The van der Waals surface area contributed by atoms with Crippen LogP contribution in [0.15, 0.2) is 24.5 Å². The molecule has 1 aromatic carbocycles. The number of H-pyrrole nitrogens is 1. The molecule has 0 aliphatic heterocycles. The number of nitro groups is 1. The van der Waals surface area contributed by atoms with Crippen LogP contribution in [-0.4, -0.2) is 39.0 Å². The first-order valence-electron chi connectivity index (χ1n) is 6.30. The average Bonchev–Trinajstić information content (AvgIpc) is 2.93. The van der Waals surface area contributed by atoms with Gasteiger partial charge < -0.3 is 9.88 Å². The summed E-state index contributed by atoms with van der Waals surface area (Å²) in [4.78, 5) is 27.7. The standard InChI is InChI=1S/C13H11ClN6O2/c1-19(2)8-4-3-7(5-9(8)20(21)22)10-11-12(16-6-15-11)18-13(14)17-10/h3-6H,1-2H3,(H,15,16,17,18). The summed E-state index contributed by atoms with van der Waals surface area (Å²) in [5.41, 5.74) is 2.53. The van der Waals surface area contributed by atoms with Crippen molar-refractivity contribution in [2.24, 2.45) is 0 Å². The molecule has 2 aromatic heterocycles. The normalized spacial score (nSPS) is 10.9. The number of nitrogens with one attached hydrogen (secondary N) is 1. The van der Waals surface area contributed by atoms with E-state index >= 15 is 0 Å². The zero-order chi connectivity index (χ0) is 15.9. The molecular formula is C13H11ClN6O2. The van der Waals surface area contributed by atoms with Gasteiger partial charge in [-0.15, -0.1) is 0 Å². The highest BCUT2D eigenvalue weighted by molar-refractivity contribution is 6.28. The minimum absolute atomic E-state index is 0.00935. The number of nitrogens with zero attached hydrogens (tertiary/aromatic N) is 5. The highest BCUT2D eigenvalue weighted by Crippen LogP contribution is 2.33. The maximum Gasteiger partial charge on any atom is 0.293 e. The molecule has 0 aliphatic carbocycles. The molecule has 2 heterocycles. The molecule has 0 radical (unpaired) electrons. The minimum Gasteiger partial charge on any atom is -0.372 e. The van der Waals surface area contributed by atoms with Crippen LogP contribution >= 0.6 is 11.6 Å². The number of hydrogen-bond donors (Lipinski definition) is 1. The van der Waals surface area contributed by atoms with E-state index in [9.17, 15) is 10.1 Å². The van der Waals surface area contributed by atoms with E-state index in [4.69, 9.17) is 11.6 Å². The second kappa shape index (κ2) is 5.23. The summed E-state index contributed by atoms with van der Waals surface area (Å²) in [5.74, 6) is 0. The zero-order valence-corrected chi connectivity index (χ0v) is 12.5. The van der Waals surface area contributed by atoms with Crippen LogP contribution in [0.4, 0.5) is 11.4 Å². The van der Waals surface area contributed by atoms with Gasteiger partial charge in [-0.05, 0) is 17.7 Å². The number of imidazole rings is 1. The molecule has 9 heteroatoms. The van der Waals surface area contributed by atoms with Gasteiger partial charge in [-0.1, -0.05) is 6.07 Å². The first-order chi connectivity index (χ1) is 10.5. The van der Waals surface area contributed by atoms with Crippen LogP contribution < -0.4 is 4.90 Å². The van der Waals surface area contributed by atoms with Crippen molar-refractivity contribution in [3.8, 4) is 11.3 Å². The molecule has 0 spiro atoms. The van der Waals surface area contributed by atoms with E-state index in [0.29, 0.717) is 28.1 Å². The second-order valence-electron chi connectivity index (χ2n) is 4.80. The van der Waals surface area contributed by atoms with Gasteiger partial charge in [0.05, 0.1) is 11.3 Å². The van der Waals surface area contributed by atoms with Crippen LogP contribution in [0.5, 0.6) is 0 Å². The van der Waals surface area contributed by atoms with Crippen LogP contribution in [0.3, 0.4) is 0 Å². The fourth-order valence-corrected chi connectivity index (χ4v) is 2.38. The van der Waals surface area contributed by atoms with Gasteiger partial charge in [0.1, 0.15) is 16.9 Å². The second-order valence-corrected chi connectivity index (χ2v) is 5.14. The van der Waals surface area contributed by atoms with Gasteiger partial charge in [-0.25, -0.2) is 9.97 Å². The Balaban J connectivity index is 2.25. The molecule has 0 fully saturated rings. The largest absolute Gasteiger partial charge is 0.372 e. The van der Waals surface area contributed by atoms with E-state index in [1.165, 1.54) is 12.4 Å². The van der Waals surface area contributed by atoms with Crippen molar-refractivity contribution in [3.05, 3.63) is 39.9 Å². The molecule has 0 aliphatic rings. The predicted molar refractivity (Wildman–Crippen MR) is 83.1 cm³/mol. The number of anilines is 1. The predicted octanol–water partition coefficient (Wildman–Crippen LogP) is 2.65. The topological polar surface area (TPSA) is 101 Å².